The van der Waals surface area contributed by atoms with Crippen molar-refractivity contribution in [3.63, 3.8) is 0 Å². The molecular weight excluding hydrogens is 280 g/mol. The molecule has 4 nitrogen and oxygen atoms in total. The Labute approximate surface area is 131 Å². The fourth-order valence-corrected chi connectivity index (χ4v) is 3.36. The second-order valence-corrected chi connectivity index (χ2v) is 6.07. The van der Waals surface area contributed by atoms with Gasteiger partial charge in [0.1, 0.15) is 11.5 Å². The molecule has 0 N–H and O–H groups in total. The molecule has 120 valence electrons. The fourth-order valence-electron chi connectivity index (χ4n) is 3.36. The van der Waals surface area contributed by atoms with Crippen molar-refractivity contribution in [2.45, 2.75) is 44.9 Å². The molecule has 0 amide bonds. The summed E-state index contributed by atoms with van der Waals surface area (Å²) in [7, 11) is 1.60. The van der Waals surface area contributed by atoms with Gasteiger partial charge < -0.3 is 9.47 Å². The number of ketones is 1. The summed E-state index contributed by atoms with van der Waals surface area (Å²) >= 11 is 0. The predicted molar refractivity (Wildman–Crippen MR) is 83.9 cm³/mol. The van der Waals surface area contributed by atoms with E-state index in [1.807, 2.05) is 24.3 Å². The van der Waals surface area contributed by atoms with Crippen molar-refractivity contribution in [3.05, 3.63) is 29.8 Å². The Bertz CT molecular complexity index is 552. The number of carbonyl (C=O) groups excluding carboxylic acids is 2. The number of hydrogen-bond acceptors (Lipinski definition) is 4. The van der Waals surface area contributed by atoms with Crippen LogP contribution in [0.3, 0.4) is 0 Å². The third-order valence-electron chi connectivity index (χ3n) is 4.47. The molecule has 1 aliphatic carbocycles. The van der Waals surface area contributed by atoms with Crippen LogP contribution in [0.1, 0.15) is 45.1 Å². The molecule has 1 saturated carbocycles. The van der Waals surface area contributed by atoms with Crippen molar-refractivity contribution in [1.29, 1.82) is 0 Å². The van der Waals surface area contributed by atoms with Crippen LogP contribution in [-0.4, -0.2) is 25.5 Å². The zero-order valence-corrected chi connectivity index (χ0v) is 13.6. The summed E-state index contributed by atoms with van der Waals surface area (Å²) in [5.74, 6) is 0.921. The summed E-state index contributed by atoms with van der Waals surface area (Å²) in [6.45, 7) is 4.24. The van der Waals surface area contributed by atoms with Gasteiger partial charge >= 0.3 is 5.97 Å². The highest BCUT2D eigenvalue weighted by molar-refractivity contribution is 5.94. The van der Waals surface area contributed by atoms with Gasteiger partial charge in [-0.05, 0) is 43.4 Å². The first kappa shape index (κ1) is 16.5. The molecule has 1 aliphatic rings. The van der Waals surface area contributed by atoms with Crippen LogP contribution in [0.25, 0.3) is 0 Å². The molecular formula is C18H24O4. The third kappa shape index (κ3) is 3.32. The summed E-state index contributed by atoms with van der Waals surface area (Å²) in [6.07, 6.45) is 2.18. The van der Waals surface area contributed by atoms with Gasteiger partial charge in [-0.3, -0.25) is 9.59 Å². The summed E-state index contributed by atoms with van der Waals surface area (Å²) in [5.41, 5.74) is 0.0785. The van der Waals surface area contributed by atoms with Gasteiger partial charge in [0.05, 0.1) is 25.6 Å². The molecule has 2 unspecified atom stereocenters. The zero-order chi connectivity index (χ0) is 16.2. The smallest absolute Gasteiger partial charge is 0.307 e. The molecule has 0 spiro atoms. The minimum Gasteiger partial charge on any atom is -0.497 e. The first-order valence-electron chi connectivity index (χ1n) is 7.85. The van der Waals surface area contributed by atoms with Crippen molar-refractivity contribution in [2.75, 3.05) is 13.7 Å². The maximum atomic E-state index is 12.8. The van der Waals surface area contributed by atoms with Crippen LogP contribution in [-0.2, 0) is 19.7 Å². The number of hydrogen-bond donors (Lipinski definition) is 0. The number of methoxy groups -OCH3 is 1. The quantitative estimate of drug-likeness (QED) is 0.783. The molecule has 1 aromatic rings. The van der Waals surface area contributed by atoms with E-state index in [9.17, 15) is 9.59 Å². The van der Waals surface area contributed by atoms with Gasteiger partial charge in [0.2, 0.25) is 0 Å². The molecule has 0 bridgehead atoms. The summed E-state index contributed by atoms with van der Waals surface area (Å²) in [5, 5.41) is 0. The van der Waals surface area contributed by atoms with Crippen molar-refractivity contribution >= 4 is 11.8 Å². The van der Waals surface area contributed by atoms with Crippen LogP contribution in [0.2, 0.25) is 0 Å². The van der Waals surface area contributed by atoms with Crippen LogP contribution in [0, 0.1) is 5.92 Å². The minimum absolute atomic E-state index is 0.108. The number of rotatable bonds is 5. The number of Topliss-reactive ketones (excluding diaryl/α,β-unsaturated/α-hetero) is 1. The standard InChI is InChI=1S/C18H24O4/c1-4-22-17(20)12-18(11-13(2)8-9-16(18)19)14-6-5-7-15(10-14)21-3/h5-7,10,13H,4,8-9,11-12H2,1-3H3. The Morgan fingerprint density at radius 2 is 2.18 bits per heavy atom. The van der Waals surface area contributed by atoms with Crippen molar-refractivity contribution in [1.82, 2.24) is 0 Å². The van der Waals surface area contributed by atoms with E-state index < -0.39 is 5.41 Å². The molecule has 0 aromatic heterocycles. The van der Waals surface area contributed by atoms with Crippen molar-refractivity contribution < 1.29 is 19.1 Å². The van der Waals surface area contributed by atoms with E-state index in [0.717, 1.165) is 12.0 Å². The van der Waals surface area contributed by atoms with Crippen LogP contribution in [0.4, 0.5) is 0 Å². The maximum absolute atomic E-state index is 12.8. The molecule has 0 saturated heterocycles. The van der Waals surface area contributed by atoms with Gasteiger partial charge in [0.15, 0.2) is 0 Å². The highest BCUT2D eigenvalue weighted by atomic mass is 16.5. The average molecular weight is 304 g/mol. The van der Waals surface area contributed by atoms with Crippen LogP contribution < -0.4 is 4.74 Å². The highest BCUT2D eigenvalue weighted by Gasteiger charge is 2.45. The molecule has 22 heavy (non-hydrogen) atoms. The van der Waals surface area contributed by atoms with E-state index >= 15 is 0 Å². The van der Waals surface area contributed by atoms with Gasteiger partial charge in [-0.1, -0.05) is 19.1 Å². The Morgan fingerprint density at radius 3 is 2.86 bits per heavy atom. The van der Waals surface area contributed by atoms with Crippen molar-refractivity contribution in [3.8, 4) is 5.75 Å². The molecule has 2 rings (SSSR count). The lowest BCUT2D eigenvalue weighted by atomic mass is 9.63. The molecule has 2 atom stereocenters. The molecule has 4 heteroatoms. The summed E-state index contributed by atoms with van der Waals surface area (Å²) in [6, 6.07) is 7.50. The molecule has 0 heterocycles. The molecule has 1 aromatic carbocycles. The van der Waals surface area contributed by atoms with Crippen LogP contribution >= 0.6 is 0 Å². The number of benzene rings is 1. The largest absolute Gasteiger partial charge is 0.497 e. The first-order chi connectivity index (χ1) is 10.5. The topological polar surface area (TPSA) is 52.6 Å². The van der Waals surface area contributed by atoms with Crippen LogP contribution in [0.15, 0.2) is 24.3 Å². The second-order valence-electron chi connectivity index (χ2n) is 6.07. The Hall–Kier alpha value is -1.84. The Balaban J connectivity index is 2.43. The van der Waals surface area contributed by atoms with Gasteiger partial charge in [-0.25, -0.2) is 0 Å². The van der Waals surface area contributed by atoms with Crippen LogP contribution in [0.5, 0.6) is 5.75 Å². The first-order valence-corrected chi connectivity index (χ1v) is 7.85. The lowest BCUT2D eigenvalue weighted by molar-refractivity contribution is -0.148. The van der Waals surface area contributed by atoms with E-state index in [0.29, 0.717) is 31.1 Å². The molecule has 0 radical (unpaired) electrons. The SMILES string of the molecule is CCOC(=O)CC1(c2cccc(OC)c2)CC(C)CCC1=O. The van der Waals surface area contributed by atoms with E-state index in [1.54, 1.807) is 14.0 Å². The van der Waals surface area contributed by atoms with E-state index in [4.69, 9.17) is 9.47 Å². The van der Waals surface area contributed by atoms with E-state index in [1.165, 1.54) is 0 Å². The zero-order valence-electron chi connectivity index (χ0n) is 13.6. The van der Waals surface area contributed by atoms with E-state index in [-0.39, 0.29) is 18.2 Å². The highest BCUT2D eigenvalue weighted by Crippen LogP contribution is 2.43. The van der Waals surface area contributed by atoms with Gasteiger partial charge in [0, 0.05) is 6.42 Å². The maximum Gasteiger partial charge on any atom is 0.307 e. The minimum atomic E-state index is -0.779. The lowest BCUT2D eigenvalue weighted by Gasteiger charge is -2.38. The normalized spacial score (nSPS) is 24.9. The van der Waals surface area contributed by atoms with Gasteiger partial charge in [-0.15, -0.1) is 0 Å². The van der Waals surface area contributed by atoms with Gasteiger partial charge in [-0.2, -0.15) is 0 Å². The Kier molecular flexibility index (Phi) is 5.22. The molecule has 0 aliphatic heterocycles. The summed E-state index contributed by atoms with van der Waals surface area (Å²) in [4.78, 5) is 24.8. The molecule has 1 fully saturated rings. The van der Waals surface area contributed by atoms with Crippen molar-refractivity contribution in [2.24, 2.45) is 5.92 Å². The second kappa shape index (κ2) is 6.95. The summed E-state index contributed by atoms with van der Waals surface area (Å²) < 4.78 is 10.4. The van der Waals surface area contributed by atoms with E-state index in [2.05, 4.69) is 6.92 Å². The van der Waals surface area contributed by atoms with Gasteiger partial charge in [0.25, 0.3) is 0 Å². The average Bonchev–Trinajstić information content (AvgIpc) is 2.51. The number of esters is 1. The third-order valence-corrected chi connectivity index (χ3v) is 4.47. The number of ether oxygens (including phenoxy) is 2. The predicted octanol–water partition coefficient (Wildman–Crippen LogP) is 3.28. The lowest BCUT2D eigenvalue weighted by Crippen LogP contribution is -2.43. The Morgan fingerprint density at radius 1 is 1.41 bits per heavy atom. The fraction of sp³-hybridized carbons (Fsp3) is 0.556. The number of carbonyl (C=O) groups is 2. The monoisotopic (exact) mass is 304 g/mol.